The van der Waals surface area contributed by atoms with Crippen molar-refractivity contribution in [2.24, 2.45) is 0 Å². The quantitative estimate of drug-likeness (QED) is 0.888. The van der Waals surface area contributed by atoms with Gasteiger partial charge >= 0.3 is 0 Å². The van der Waals surface area contributed by atoms with Crippen molar-refractivity contribution in [2.75, 3.05) is 36.8 Å². The van der Waals surface area contributed by atoms with E-state index in [-0.39, 0.29) is 0 Å². The summed E-state index contributed by atoms with van der Waals surface area (Å²) in [5.74, 6) is 2.55. The van der Waals surface area contributed by atoms with E-state index >= 15 is 0 Å². The average Bonchev–Trinajstić information content (AvgIpc) is 2.79. The van der Waals surface area contributed by atoms with Crippen LogP contribution in [0.15, 0.2) is 0 Å². The lowest BCUT2D eigenvalue weighted by molar-refractivity contribution is 0.273. The molecule has 2 aliphatic heterocycles. The van der Waals surface area contributed by atoms with E-state index in [0.717, 1.165) is 36.7 Å². The van der Waals surface area contributed by atoms with Gasteiger partial charge in [0.15, 0.2) is 0 Å². The van der Waals surface area contributed by atoms with Crippen LogP contribution in [0.3, 0.4) is 0 Å². The number of aromatic nitrogens is 2. The molecular weight excluding hydrogens is 250 g/mol. The molecule has 1 atom stereocenters. The number of hydrogen-bond donors (Lipinski definition) is 1. The molecule has 110 valence electrons. The first-order valence-electron chi connectivity index (χ1n) is 7.81. The van der Waals surface area contributed by atoms with Crippen molar-refractivity contribution in [2.45, 2.75) is 45.6 Å². The van der Waals surface area contributed by atoms with Crippen molar-refractivity contribution < 1.29 is 0 Å². The van der Waals surface area contributed by atoms with Gasteiger partial charge in [0.25, 0.3) is 0 Å². The van der Waals surface area contributed by atoms with Gasteiger partial charge in [0.05, 0.1) is 0 Å². The van der Waals surface area contributed by atoms with Gasteiger partial charge in [-0.1, -0.05) is 6.92 Å². The number of hydrogen-bond acceptors (Lipinski definition) is 5. The fourth-order valence-corrected chi connectivity index (χ4v) is 3.43. The molecule has 5 heteroatoms. The van der Waals surface area contributed by atoms with E-state index in [1.807, 2.05) is 6.92 Å². The molecule has 0 radical (unpaired) electrons. The molecule has 1 aromatic rings. The second kappa shape index (κ2) is 5.56. The Labute approximate surface area is 121 Å². The summed E-state index contributed by atoms with van der Waals surface area (Å²) in [5.41, 5.74) is 7.10. The first-order valence-corrected chi connectivity index (χ1v) is 7.81. The first kappa shape index (κ1) is 13.6. The number of anilines is 2. The highest BCUT2D eigenvalue weighted by atomic mass is 15.3. The molecule has 0 bridgehead atoms. The van der Waals surface area contributed by atoms with Gasteiger partial charge in [-0.2, -0.15) is 0 Å². The normalized spacial score (nSPS) is 23.7. The van der Waals surface area contributed by atoms with Crippen molar-refractivity contribution in [1.29, 1.82) is 0 Å². The van der Waals surface area contributed by atoms with Crippen molar-refractivity contribution in [3.63, 3.8) is 0 Å². The Morgan fingerprint density at radius 1 is 1.20 bits per heavy atom. The molecule has 0 amide bonds. The first-order chi connectivity index (χ1) is 9.69. The van der Waals surface area contributed by atoms with E-state index < -0.39 is 0 Å². The smallest absolute Gasteiger partial charge is 0.137 e. The zero-order valence-electron chi connectivity index (χ0n) is 12.6. The Kier molecular flexibility index (Phi) is 3.78. The Morgan fingerprint density at radius 2 is 2.00 bits per heavy atom. The summed E-state index contributed by atoms with van der Waals surface area (Å²) in [6.45, 7) is 8.77. The summed E-state index contributed by atoms with van der Waals surface area (Å²) < 4.78 is 0. The molecule has 1 unspecified atom stereocenters. The van der Waals surface area contributed by atoms with E-state index in [1.54, 1.807) is 0 Å². The summed E-state index contributed by atoms with van der Waals surface area (Å²) >= 11 is 0. The molecule has 2 saturated heterocycles. The molecule has 5 nitrogen and oxygen atoms in total. The van der Waals surface area contributed by atoms with Gasteiger partial charge < -0.3 is 10.6 Å². The second-order valence-corrected chi connectivity index (χ2v) is 5.96. The van der Waals surface area contributed by atoms with Crippen LogP contribution in [0.5, 0.6) is 0 Å². The number of nitrogen functional groups attached to an aromatic ring is 1. The molecule has 2 N–H and O–H groups in total. The van der Waals surface area contributed by atoms with Crippen LogP contribution in [0.4, 0.5) is 11.6 Å². The number of nitrogens with zero attached hydrogens (tertiary/aromatic N) is 4. The van der Waals surface area contributed by atoms with E-state index in [0.29, 0.717) is 11.9 Å². The summed E-state index contributed by atoms with van der Waals surface area (Å²) in [7, 11) is 0. The third-order valence-corrected chi connectivity index (χ3v) is 4.62. The zero-order chi connectivity index (χ0) is 14.1. The zero-order valence-corrected chi connectivity index (χ0v) is 12.6. The molecule has 0 saturated carbocycles. The standard InChI is InChI=1S/C15H25N5/c1-3-13-17-14(16)11(2)15(18-13)20-9-5-8-19-7-4-6-12(19)10-20/h12H,3-10H2,1-2H3,(H2,16,17,18). The number of fused-ring (bicyclic) bond motifs is 1. The van der Waals surface area contributed by atoms with E-state index in [2.05, 4.69) is 21.7 Å². The van der Waals surface area contributed by atoms with Gasteiger partial charge in [-0.15, -0.1) is 0 Å². The number of nitrogens with two attached hydrogens (primary N) is 1. The molecule has 0 aliphatic carbocycles. The molecule has 20 heavy (non-hydrogen) atoms. The van der Waals surface area contributed by atoms with Gasteiger partial charge in [-0.25, -0.2) is 9.97 Å². The lowest BCUT2D eigenvalue weighted by atomic mass is 10.2. The van der Waals surface area contributed by atoms with Crippen LogP contribution in [0.1, 0.15) is 37.6 Å². The fourth-order valence-electron chi connectivity index (χ4n) is 3.43. The molecular formula is C15H25N5. The van der Waals surface area contributed by atoms with E-state index in [9.17, 15) is 0 Å². The predicted octanol–water partition coefficient (Wildman–Crippen LogP) is 1.60. The molecule has 0 aromatic carbocycles. The Balaban J connectivity index is 1.89. The lowest BCUT2D eigenvalue weighted by Crippen LogP contribution is -2.37. The second-order valence-electron chi connectivity index (χ2n) is 5.96. The van der Waals surface area contributed by atoms with Gasteiger partial charge in [-0.05, 0) is 32.7 Å². The van der Waals surface area contributed by atoms with Crippen LogP contribution >= 0.6 is 0 Å². The molecule has 1 aromatic heterocycles. The van der Waals surface area contributed by atoms with E-state index in [1.165, 1.54) is 32.4 Å². The minimum absolute atomic E-state index is 0.638. The maximum atomic E-state index is 6.06. The number of rotatable bonds is 2. The molecule has 2 fully saturated rings. The minimum atomic E-state index is 0.638. The van der Waals surface area contributed by atoms with E-state index in [4.69, 9.17) is 10.7 Å². The van der Waals surface area contributed by atoms with Crippen molar-refractivity contribution in [1.82, 2.24) is 14.9 Å². The SMILES string of the molecule is CCc1nc(N)c(C)c(N2CCCN3CCCC3C2)n1. The molecule has 3 heterocycles. The van der Waals surface area contributed by atoms with Crippen molar-refractivity contribution in [3.05, 3.63) is 11.4 Å². The molecule has 2 aliphatic rings. The van der Waals surface area contributed by atoms with Gasteiger partial charge in [-0.3, -0.25) is 4.90 Å². The van der Waals surface area contributed by atoms with Crippen LogP contribution in [0, 0.1) is 6.92 Å². The van der Waals surface area contributed by atoms with Crippen LogP contribution in [0.25, 0.3) is 0 Å². The Bertz CT molecular complexity index is 487. The van der Waals surface area contributed by atoms with Crippen LogP contribution in [-0.4, -0.2) is 47.1 Å². The Hall–Kier alpha value is -1.36. The highest BCUT2D eigenvalue weighted by molar-refractivity contribution is 5.56. The Morgan fingerprint density at radius 3 is 2.80 bits per heavy atom. The highest BCUT2D eigenvalue weighted by Crippen LogP contribution is 2.27. The van der Waals surface area contributed by atoms with Gasteiger partial charge in [0.2, 0.25) is 0 Å². The summed E-state index contributed by atoms with van der Waals surface area (Å²) in [4.78, 5) is 14.2. The summed E-state index contributed by atoms with van der Waals surface area (Å²) in [5, 5.41) is 0. The highest BCUT2D eigenvalue weighted by Gasteiger charge is 2.30. The predicted molar refractivity (Wildman–Crippen MR) is 82.0 cm³/mol. The van der Waals surface area contributed by atoms with Crippen LogP contribution in [-0.2, 0) is 6.42 Å². The maximum absolute atomic E-state index is 6.06. The van der Waals surface area contributed by atoms with Crippen LogP contribution < -0.4 is 10.6 Å². The number of aryl methyl sites for hydroxylation is 1. The minimum Gasteiger partial charge on any atom is -0.383 e. The van der Waals surface area contributed by atoms with Gasteiger partial charge in [0, 0.05) is 37.7 Å². The lowest BCUT2D eigenvalue weighted by Gasteiger charge is -2.28. The summed E-state index contributed by atoms with van der Waals surface area (Å²) in [6, 6.07) is 0.693. The molecule has 0 spiro atoms. The molecule has 3 rings (SSSR count). The third kappa shape index (κ3) is 2.46. The maximum Gasteiger partial charge on any atom is 0.137 e. The summed E-state index contributed by atoms with van der Waals surface area (Å²) in [6.07, 6.45) is 4.70. The fraction of sp³-hybridized carbons (Fsp3) is 0.733. The largest absolute Gasteiger partial charge is 0.383 e. The third-order valence-electron chi connectivity index (χ3n) is 4.62. The average molecular weight is 275 g/mol. The van der Waals surface area contributed by atoms with Crippen molar-refractivity contribution >= 4 is 11.6 Å². The van der Waals surface area contributed by atoms with Crippen LogP contribution in [0.2, 0.25) is 0 Å². The van der Waals surface area contributed by atoms with Gasteiger partial charge in [0.1, 0.15) is 17.5 Å². The monoisotopic (exact) mass is 275 g/mol. The topological polar surface area (TPSA) is 58.3 Å². The van der Waals surface area contributed by atoms with Crippen molar-refractivity contribution in [3.8, 4) is 0 Å².